The normalized spacial score (nSPS) is 11.5. The van der Waals surface area contributed by atoms with Gasteiger partial charge in [0.15, 0.2) is 5.78 Å². The van der Waals surface area contributed by atoms with Crippen molar-refractivity contribution in [2.24, 2.45) is 0 Å². The summed E-state index contributed by atoms with van der Waals surface area (Å²) in [7, 11) is 0. The monoisotopic (exact) mass is 840 g/mol. The molecule has 0 saturated heterocycles. The topological polar surface area (TPSA) is 42.0 Å². The highest BCUT2D eigenvalue weighted by molar-refractivity contribution is 6.09. The zero-order valence-corrected chi connectivity index (χ0v) is 37.7. The van der Waals surface area contributed by atoms with E-state index in [0.29, 0.717) is 22.6 Å². The minimum absolute atomic E-state index is 0.00153. The fraction of sp³-hybridized carbons (Fsp3) is 0.169. The first kappa shape index (κ1) is 43.3. The van der Waals surface area contributed by atoms with Crippen LogP contribution < -0.4 is 19.3 Å². The number of para-hydroxylation sites is 2. The van der Waals surface area contributed by atoms with Crippen LogP contribution in [0.15, 0.2) is 206 Å². The summed E-state index contributed by atoms with van der Waals surface area (Å²) >= 11 is 0. The molecule has 0 spiro atoms. The molecule has 320 valence electrons. The van der Waals surface area contributed by atoms with E-state index >= 15 is 0 Å². The van der Waals surface area contributed by atoms with Crippen LogP contribution in [0.2, 0.25) is 0 Å². The zero-order valence-electron chi connectivity index (χ0n) is 37.7. The third kappa shape index (κ3) is 10.3. The zero-order chi connectivity index (χ0) is 44.7. The second-order valence-corrected chi connectivity index (χ2v) is 17.8. The molecule has 0 N–H and O–H groups in total. The molecule has 0 bridgehead atoms. The molecule has 8 aromatic carbocycles. The molecule has 8 rings (SSSR count). The Balaban J connectivity index is 0.970. The van der Waals surface area contributed by atoms with Crippen LogP contribution in [0.5, 0.6) is 17.2 Å². The van der Waals surface area contributed by atoms with Gasteiger partial charge in [-0.15, -0.1) is 0 Å². The number of nitrogens with zero attached hydrogens (tertiary/aromatic N) is 2. The van der Waals surface area contributed by atoms with Gasteiger partial charge >= 0.3 is 0 Å². The molecule has 64 heavy (non-hydrogen) atoms. The highest BCUT2D eigenvalue weighted by atomic mass is 16.5. The average Bonchev–Trinajstić information content (AvgIpc) is 3.31. The van der Waals surface area contributed by atoms with Crippen molar-refractivity contribution >= 4 is 39.9 Å². The number of benzene rings is 8. The van der Waals surface area contributed by atoms with Crippen LogP contribution in [0.3, 0.4) is 0 Å². The number of ketones is 1. The van der Waals surface area contributed by atoms with E-state index in [1.807, 2.05) is 72.8 Å². The first-order valence-corrected chi connectivity index (χ1v) is 22.2. The third-order valence-corrected chi connectivity index (χ3v) is 11.4. The summed E-state index contributed by atoms with van der Waals surface area (Å²) in [4.78, 5) is 17.8. The number of carbonyl (C=O) groups is 1. The van der Waals surface area contributed by atoms with Crippen LogP contribution >= 0.6 is 0 Å². The number of rotatable bonds is 15. The summed E-state index contributed by atoms with van der Waals surface area (Å²) in [6.07, 6.45) is 2.22. The molecule has 0 unspecified atom stereocenters. The van der Waals surface area contributed by atoms with E-state index < -0.39 is 0 Å². The summed E-state index contributed by atoms with van der Waals surface area (Å²) in [6.45, 7) is 12.9. The van der Waals surface area contributed by atoms with Crippen molar-refractivity contribution in [3.8, 4) is 28.4 Å². The Hall–Kier alpha value is -7.37. The van der Waals surface area contributed by atoms with E-state index in [1.54, 1.807) is 0 Å². The molecule has 0 atom stereocenters. The van der Waals surface area contributed by atoms with Gasteiger partial charge in [0, 0.05) is 45.3 Å². The molecule has 5 heteroatoms. The van der Waals surface area contributed by atoms with Crippen molar-refractivity contribution in [1.82, 2.24) is 0 Å². The van der Waals surface area contributed by atoms with Crippen molar-refractivity contribution in [2.75, 3.05) is 9.80 Å². The van der Waals surface area contributed by atoms with Gasteiger partial charge in [0.2, 0.25) is 0 Å². The Morgan fingerprint density at radius 3 is 1.16 bits per heavy atom. The van der Waals surface area contributed by atoms with Gasteiger partial charge in [-0.1, -0.05) is 112 Å². The molecule has 0 aliphatic carbocycles. The van der Waals surface area contributed by atoms with Crippen molar-refractivity contribution in [1.29, 1.82) is 0 Å². The molecule has 5 nitrogen and oxygen atoms in total. The van der Waals surface area contributed by atoms with E-state index in [9.17, 15) is 4.79 Å². The lowest BCUT2D eigenvalue weighted by molar-refractivity contribution is 0.103. The Bertz CT molecular complexity index is 2740. The lowest BCUT2D eigenvalue weighted by atomic mass is 9.80. The molecular formula is C59H56N2O3. The van der Waals surface area contributed by atoms with Crippen LogP contribution in [0.25, 0.3) is 11.1 Å². The molecule has 0 aliphatic rings. The summed E-state index contributed by atoms with van der Waals surface area (Å²) in [5.74, 6) is 2.21. The Morgan fingerprint density at radius 2 is 0.766 bits per heavy atom. The molecule has 0 saturated carbocycles. The van der Waals surface area contributed by atoms with Crippen molar-refractivity contribution in [3.63, 3.8) is 0 Å². The first-order chi connectivity index (χ1) is 30.9. The maximum Gasteiger partial charge on any atom is 0.193 e. The van der Waals surface area contributed by atoms with E-state index in [2.05, 4.69) is 185 Å². The Kier molecular flexibility index (Phi) is 12.8. The lowest BCUT2D eigenvalue weighted by Crippen LogP contribution is -2.22. The van der Waals surface area contributed by atoms with Crippen molar-refractivity contribution < 1.29 is 14.3 Å². The molecular weight excluding hydrogens is 785 g/mol. The standard InChI is InChI=1S/C59H56N2O3/c1-7-42-59(5,6)47-26-18-45(19-27-47)57(62)46-24-36-54(37-25-46)63-55-38-32-52(33-39-55)60(48-14-10-8-11-15-48)50-28-20-43(21-29-50)44-22-30-51(31-23-44)61(49-16-12-9-13-17-49)53-34-40-56(41-35-53)64-58(2,3)4/h8-41H,7,42H2,1-6H3. The van der Waals surface area contributed by atoms with Gasteiger partial charge in [0.1, 0.15) is 22.8 Å². The fourth-order valence-electron chi connectivity index (χ4n) is 8.15. The largest absolute Gasteiger partial charge is 0.488 e. The quantitative estimate of drug-likeness (QED) is 0.0962. The Morgan fingerprint density at radius 1 is 0.422 bits per heavy atom. The molecule has 0 fully saturated rings. The smallest absolute Gasteiger partial charge is 0.193 e. The number of carbonyl (C=O) groups excluding carboxylic acids is 1. The van der Waals surface area contributed by atoms with Crippen LogP contribution in [-0.4, -0.2) is 11.4 Å². The van der Waals surface area contributed by atoms with Gasteiger partial charge < -0.3 is 19.3 Å². The van der Waals surface area contributed by atoms with Crippen molar-refractivity contribution in [3.05, 3.63) is 223 Å². The van der Waals surface area contributed by atoms with Crippen LogP contribution in [0.4, 0.5) is 34.1 Å². The highest BCUT2D eigenvalue weighted by Crippen LogP contribution is 2.39. The maximum atomic E-state index is 13.3. The van der Waals surface area contributed by atoms with Crippen LogP contribution in [0, 0.1) is 0 Å². The predicted molar refractivity (Wildman–Crippen MR) is 266 cm³/mol. The molecule has 0 radical (unpaired) electrons. The molecule has 0 aliphatic heterocycles. The second kappa shape index (κ2) is 18.9. The van der Waals surface area contributed by atoms with Gasteiger partial charge in [-0.3, -0.25) is 4.79 Å². The SMILES string of the molecule is CCCC(C)(C)c1ccc(C(=O)c2ccc(Oc3ccc(N(c4ccccc4)c4ccc(-c5ccc(N(c6ccccc6)c6ccc(OC(C)(C)C)cc6)cc5)cc4)cc3)cc2)cc1. The van der Waals surface area contributed by atoms with Crippen LogP contribution in [-0.2, 0) is 5.41 Å². The lowest BCUT2D eigenvalue weighted by Gasteiger charge is -2.27. The third-order valence-electron chi connectivity index (χ3n) is 11.4. The van der Waals surface area contributed by atoms with Gasteiger partial charge in [-0.25, -0.2) is 0 Å². The second-order valence-electron chi connectivity index (χ2n) is 17.8. The first-order valence-electron chi connectivity index (χ1n) is 22.2. The Labute approximate surface area is 379 Å². The average molecular weight is 841 g/mol. The van der Waals surface area contributed by atoms with E-state index in [4.69, 9.17) is 9.47 Å². The minimum Gasteiger partial charge on any atom is -0.488 e. The molecule has 0 heterocycles. The number of hydrogen-bond donors (Lipinski definition) is 0. The fourth-order valence-corrected chi connectivity index (χ4v) is 8.15. The molecule has 0 amide bonds. The van der Waals surface area contributed by atoms with Crippen LogP contribution in [0.1, 0.15) is 75.9 Å². The summed E-state index contributed by atoms with van der Waals surface area (Å²) < 4.78 is 12.4. The summed E-state index contributed by atoms with van der Waals surface area (Å²) in [5, 5.41) is 0. The van der Waals surface area contributed by atoms with E-state index in [-0.39, 0.29) is 16.8 Å². The van der Waals surface area contributed by atoms with E-state index in [0.717, 1.165) is 63.8 Å². The number of hydrogen-bond acceptors (Lipinski definition) is 5. The van der Waals surface area contributed by atoms with Gasteiger partial charge in [0.25, 0.3) is 0 Å². The minimum atomic E-state index is -0.267. The summed E-state index contributed by atoms with van der Waals surface area (Å²) in [5.41, 5.74) is 10.9. The maximum absolute atomic E-state index is 13.3. The van der Waals surface area contributed by atoms with Gasteiger partial charge in [-0.2, -0.15) is 0 Å². The van der Waals surface area contributed by atoms with E-state index in [1.165, 1.54) is 5.56 Å². The number of ether oxygens (including phenoxy) is 2. The molecule has 0 aromatic heterocycles. The highest BCUT2D eigenvalue weighted by Gasteiger charge is 2.21. The van der Waals surface area contributed by atoms with Gasteiger partial charge in [-0.05, 0) is 171 Å². The number of anilines is 6. The summed E-state index contributed by atoms with van der Waals surface area (Å²) in [6, 6.07) is 70.1. The molecule has 8 aromatic rings. The van der Waals surface area contributed by atoms with Gasteiger partial charge in [0.05, 0.1) is 0 Å². The predicted octanol–water partition coefficient (Wildman–Crippen LogP) is 16.6. The van der Waals surface area contributed by atoms with Crippen molar-refractivity contribution in [2.45, 2.75) is 65.4 Å².